The van der Waals surface area contributed by atoms with Crippen molar-refractivity contribution in [3.63, 3.8) is 0 Å². The van der Waals surface area contributed by atoms with Crippen molar-refractivity contribution in [1.29, 1.82) is 0 Å². The van der Waals surface area contributed by atoms with Crippen LogP contribution in [0, 0.1) is 10.5 Å². The summed E-state index contributed by atoms with van der Waals surface area (Å²) < 4.78 is 18.9. The van der Waals surface area contributed by atoms with Crippen LogP contribution >= 0.6 is 34.4 Å². The number of imide groups is 1. The number of fused-ring (bicyclic) bond motifs is 1. The predicted molar refractivity (Wildman–Crippen MR) is 168 cm³/mol. The van der Waals surface area contributed by atoms with Crippen LogP contribution < -0.4 is 14.2 Å². The van der Waals surface area contributed by atoms with Gasteiger partial charge in [0.25, 0.3) is 11.1 Å². The Morgan fingerprint density at radius 2 is 1.68 bits per heavy atom. The average Bonchev–Trinajstić information content (AvgIpc) is 3.21. The van der Waals surface area contributed by atoms with Crippen LogP contribution in [0.2, 0.25) is 0 Å². The highest BCUT2D eigenvalue weighted by Gasteiger charge is 2.35. The molecule has 1 aliphatic heterocycles. The van der Waals surface area contributed by atoms with Crippen LogP contribution in [-0.2, 0) is 11.4 Å². The maximum absolute atomic E-state index is 13.1. The predicted octanol–water partition coefficient (Wildman–Crippen LogP) is 7.85. The van der Waals surface area contributed by atoms with Gasteiger partial charge in [-0.2, -0.15) is 0 Å². The van der Waals surface area contributed by atoms with Gasteiger partial charge in [0.2, 0.25) is 0 Å². The molecule has 5 rings (SSSR count). The molecule has 8 heteroatoms. The lowest BCUT2D eigenvalue weighted by Gasteiger charge is -2.16. The van der Waals surface area contributed by atoms with Crippen LogP contribution in [0.1, 0.15) is 23.6 Å². The Balaban J connectivity index is 1.28. The molecule has 0 aliphatic carbocycles. The topological polar surface area (TPSA) is 65.1 Å². The Kier molecular flexibility index (Phi) is 8.96. The first-order valence-corrected chi connectivity index (χ1v) is 14.8. The molecule has 0 unspecified atom stereocenters. The van der Waals surface area contributed by atoms with Gasteiger partial charge in [0.1, 0.15) is 19.0 Å². The number of benzene rings is 4. The van der Waals surface area contributed by atoms with E-state index in [0.717, 1.165) is 48.5 Å². The number of carbonyl (C=O) groups excluding carboxylic acids is 2. The first kappa shape index (κ1) is 28.0. The molecule has 6 nitrogen and oxygen atoms in total. The summed E-state index contributed by atoms with van der Waals surface area (Å²) in [7, 11) is 0. The first-order valence-electron chi connectivity index (χ1n) is 12.9. The van der Waals surface area contributed by atoms with E-state index < -0.39 is 0 Å². The number of aryl methyl sites for hydroxylation is 1. The molecule has 0 saturated carbocycles. The molecule has 204 valence electrons. The van der Waals surface area contributed by atoms with E-state index in [1.165, 1.54) is 4.90 Å². The number of thioether (sulfide) groups is 1. The molecule has 40 heavy (non-hydrogen) atoms. The molecular formula is C32H28INO5S. The smallest absolute Gasteiger partial charge is 0.293 e. The Hall–Kier alpha value is -3.50. The fourth-order valence-electron chi connectivity index (χ4n) is 4.41. The maximum atomic E-state index is 13.1. The summed E-state index contributed by atoms with van der Waals surface area (Å²) in [4.78, 5) is 27.4. The third-order valence-electron chi connectivity index (χ3n) is 6.46. The van der Waals surface area contributed by atoms with E-state index >= 15 is 0 Å². The van der Waals surface area contributed by atoms with Crippen LogP contribution in [0.4, 0.5) is 4.79 Å². The Morgan fingerprint density at radius 3 is 2.50 bits per heavy atom. The van der Waals surface area contributed by atoms with Crippen molar-refractivity contribution >= 4 is 62.3 Å². The second kappa shape index (κ2) is 12.8. The fourth-order valence-corrected chi connectivity index (χ4v) is 6.05. The zero-order chi connectivity index (χ0) is 28.1. The van der Waals surface area contributed by atoms with Gasteiger partial charge in [-0.15, -0.1) is 0 Å². The second-order valence-corrected chi connectivity index (χ2v) is 11.3. The third-order valence-corrected chi connectivity index (χ3v) is 8.17. The average molecular weight is 666 g/mol. The zero-order valence-corrected chi connectivity index (χ0v) is 25.2. The quantitative estimate of drug-likeness (QED) is 0.127. The number of amides is 2. The second-order valence-electron chi connectivity index (χ2n) is 9.14. The van der Waals surface area contributed by atoms with Gasteiger partial charge in [0, 0.05) is 5.39 Å². The molecule has 1 fully saturated rings. The molecule has 0 radical (unpaired) electrons. The van der Waals surface area contributed by atoms with Crippen LogP contribution in [0.5, 0.6) is 17.2 Å². The van der Waals surface area contributed by atoms with Crippen molar-refractivity contribution in [3.05, 3.63) is 104 Å². The highest BCUT2D eigenvalue weighted by atomic mass is 127. The van der Waals surface area contributed by atoms with E-state index in [4.69, 9.17) is 14.2 Å². The molecule has 2 amide bonds. The van der Waals surface area contributed by atoms with E-state index in [0.29, 0.717) is 29.6 Å². The van der Waals surface area contributed by atoms with E-state index in [1.807, 2.05) is 79.7 Å². The van der Waals surface area contributed by atoms with Gasteiger partial charge in [0.05, 0.1) is 21.6 Å². The maximum Gasteiger partial charge on any atom is 0.293 e. The van der Waals surface area contributed by atoms with Gasteiger partial charge in [-0.1, -0.05) is 60.7 Å². The molecule has 0 N–H and O–H groups in total. The number of hydrogen-bond acceptors (Lipinski definition) is 6. The van der Waals surface area contributed by atoms with E-state index in [-0.39, 0.29) is 24.3 Å². The highest BCUT2D eigenvalue weighted by Crippen LogP contribution is 2.38. The number of ether oxygens (including phenoxy) is 3. The van der Waals surface area contributed by atoms with Crippen molar-refractivity contribution in [2.45, 2.75) is 20.5 Å². The van der Waals surface area contributed by atoms with Crippen LogP contribution in [0.3, 0.4) is 0 Å². The molecule has 1 heterocycles. The number of nitrogens with zero attached hydrogens (tertiary/aromatic N) is 1. The summed E-state index contributed by atoms with van der Waals surface area (Å²) in [5.74, 6) is 1.64. The molecule has 1 saturated heterocycles. The zero-order valence-electron chi connectivity index (χ0n) is 22.2. The Morgan fingerprint density at radius 1 is 0.900 bits per heavy atom. The first-order chi connectivity index (χ1) is 19.4. The molecule has 0 atom stereocenters. The summed E-state index contributed by atoms with van der Waals surface area (Å²) in [6.07, 6.45) is 1.73. The standard InChI is InChI=1S/C32H28INO5S/c1-3-37-28-18-22(17-26(33)30(28)39-20-24-11-5-4-9-21(24)2)19-29-31(35)34(32(36)40-29)15-16-38-27-14-8-12-23-10-6-7-13-25(23)27/h4-14,17-19H,3,15-16,20H2,1-2H3/b29-19-. The molecule has 0 bridgehead atoms. The molecular weight excluding hydrogens is 637 g/mol. The van der Waals surface area contributed by atoms with Gasteiger partial charge >= 0.3 is 0 Å². The van der Waals surface area contributed by atoms with Crippen LogP contribution in [0.25, 0.3) is 16.8 Å². The summed E-state index contributed by atoms with van der Waals surface area (Å²) >= 11 is 3.14. The van der Waals surface area contributed by atoms with Crippen molar-refractivity contribution < 1.29 is 23.8 Å². The minimum absolute atomic E-state index is 0.165. The molecule has 0 aromatic heterocycles. The molecule has 4 aromatic carbocycles. The SMILES string of the molecule is CCOc1cc(/C=C2\SC(=O)N(CCOc3cccc4ccccc34)C2=O)cc(I)c1OCc1ccccc1C. The van der Waals surface area contributed by atoms with Crippen molar-refractivity contribution in [3.8, 4) is 17.2 Å². The lowest BCUT2D eigenvalue weighted by molar-refractivity contribution is -0.123. The van der Waals surface area contributed by atoms with Gasteiger partial charge in [-0.05, 0) is 94.6 Å². The number of hydrogen-bond donors (Lipinski definition) is 0. The minimum atomic E-state index is -0.329. The van der Waals surface area contributed by atoms with Crippen molar-refractivity contribution in [2.24, 2.45) is 0 Å². The lowest BCUT2D eigenvalue weighted by atomic mass is 10.1. The van der Waals surface area contributed by atoms with Crippen molar-refractivity contribution in [2.75, 3.05) is 19.8 Å². The van der Waals surface area contributed by atoms with Crippen LogP contribution in [0.15, 0.2) is 83.8 Å². The summed E-state index contributed by atoms with van der Waals surface area (Å²) in [5, 5.41) is 1.75. The number of carbonyl (C=O) groups is 2. The van der Waals surface area contributed by atoms with Crippen LogP contribution in [-0.4, -0.2) is 35.8 Å². The van der Waals surface area contributed by atoms with Gasteiger partial charge in [0.15, 0.2) is 11.5 Å². The van der Waals surface area contributed by atoms with Gasteiger partial charge in [-0.3, -0.25) is 14.5 Å². The summed E-state index contributed by atoms with van der Waals surface area (Å²) in [6.45, 7) is 5.22. The normalized spacial score (nSPS) is 14.3. The molecule has 0 spiro atoms. The Labute approximate surface area is 251 Å². The summed E-state index contributed by atoms with van der Waals surface area (Å²) in [5.41, 5.74) is 3.02. The van der Waals surface area contributed by atoms with Crippen molar-refractivity contribution in [1.82, 2.24) is 4.90 Å². The minimum Gasteiger partial charge on any atom is -0.491 e. The van der Waals surface area contributed by atoms with E-state index in [9.17, 15) is 9.59 Å². The number of halogens is 1. The number of rotatable bonds is 10. The fraction of sp³-hybridized carbons (Fsp3) is 0.188. The molecule has 4 aromatic rings. The Bertz CT molecular complexity index is 1600. The third kappa shape index (κ3) is 6.28. The largest absolute Gasteiger partial charge is 0.491 e. The highest BCUT2D eigenvalue weighted by molar-refractivity contribution is 14.1. The van der Waals surface area contributed by atoms with Gasteiger partial charge < -0.3 is 14.2 Å². The summed E-state index contributed by atoms with van der Waals surface area (Å²) in [6, 6.07) is 25.6. The monoisotopic (exact) mass is 665 g/mol. The van der Waals surface area contributed by atoms with Gasteiger partial charge in [-0.25, -0.2) is 0 Å². The van der Waals surface area contributed by atoms with E-state index in [2.05, 4.69) is 35.6 Å². The lowest BCUT2D eigenvalue weighted by Crippen LogP contribution is -2.32. The van der Waals surface area contributed by atoms with E-state index in [1.54, 1.807) is 6.08 Å². The molecule has 1 aliphatic rings.